The van der Waals surface area contributed by atoms with Crippen LogP contribution in [0.5, 0.6) is 0 Å². The Bertz CT molecular complexity index is 860. The van der Waals surface area contributed by atoms with Crippen LogP contribution in [0.3, 0.4) is 0 Å². The lowest BCUT2D eigenvalue weighted by atomic mass is 9.87. The van der Waals surface area contributed by atoms with Crippen LogP contribution in [0, 0.1) is 11.6 Å². The molecule has 0 aromatic heterocycles. The highest BCUT2D eigenvalue weighted by Crippen LogP contribution is 2.32. The molecular formula is C22H24ClF2NO3. The van der Waals surface area contributed by atoms with Crippen molar-refractivity contribution in [2.24, 2.45) is 0 Å². The van der Waals surface area contributed by atoms with Gasteiger partial charge in [-0.3, -0.25) is 0 Å². The van der Waals surface area contributed by atoms with Gasteiger partial charge in [-0.05, 0) is 55.2 Å². The number of benzene rings is 2. The number of carbonyl (C=O) groups is 1. The molecule has 7 heteroatoms. The predicted molar refractivity (Wildman–Crippen MR) is 109 cm³/mol. The topological polar surface area (TPSA) is 49.8 Å². The molecule has 2 unspecified atom stereocenters. The van der Waals surface area contributed by atoms with E-state index in [1.165, 1.54) is 48.4 Å². The number of amides is 1. The molecule has 0 heterocycles. The minimum atomic E-state index is -1.35. The third-order valence-corrected chi connectivity index (χ3v) is 5.24. The van der Waals surface area contributed by atoms with Crippen LogP contribution in [0.4, 0.5) is 13.6 Å². The van der Waals surface area contributed by atoms with Crippen LogP contribution in [-0.2, 0) is 10.3 Å². The summed E-state index contributed by atoms with van der Waals surface area (Å²) in [5, 5.41) is 11.1. The smallest absolute Gasteiger partial charge is 0.409 e. The first kappa shape index (κ1) is 22.8. The van der Waals surface area contributed by atoms with Crippen molar-refractivity contribution >= 4 is 17.7 Å². The number of halogens is 3. The van der Waals surface area contributed by atoms with Crippen LogP contribution in [0.1, 0.15) is 36.9 Å². The predicted octanol–water partition coefficient (Wildman–Crippen LogP) is 5.60. The van der Waals surface area contributed by atoms with Gasteiger partial charge in [0.25, 0.3) is 0 Å². The Morgan fingerprint density at radius 3 is 2.52 bits per heavy atom. The number of carbonyl (C=O) groups excluding carboxylic acids is 1. The van der Waals surface area contributed by atoms with Crippen LogP contribution in [0.15, 0.2) is 55.1 Å². The van der Waals surface area contributed by atoms with Crippen molar-refractivity contribution < 1.29 is 23.4 Å². The second-order valence-corrected chi connectivity index (χ2v) is 7.20. The van der Waals surface area contributed by atoms with E-state index in [0.29, 0.717) is 11.1 Å². The molecule has 0 spiro atoms. The van der Waals surface area contributed by atoms with Gasteiger partial charge in [-0.15, -0.1) is 6.58 Å². The summed E-state index contributed by atoms with van der Waals surface area (Å²) in [5.41, 5.74) is -0.313. The van der Waals surface area contributed by atoms with E-state index in [1.54, 1.807) is 19.1 Å². The number of rotatable bonds is 8. The molecule has 2 aromatic rings. The van der Waals surface area contributed by atoms with E-state index in [-0.39, 0.29) is 24.4 Å². The zero-order chi connectivity index (χ0) is 21.6. The summed E-state index contributed by atoms with van der Waals surface area (Å²) in [5.74, 6) is -1.00. The first-order valence-corrected chi connectivity index (χ1v) is 9.48. The summed E-state index contributed by atoms with van der Waals surface area (Å²) in [6.45, 7) is 5.51. The normalized spacial score (nSPS) is 14.0. The van der Waals surface area contributed by atoms with Crippen molar-refractivity contribution in [1.82, 2.24) is 4.90 Å². The van der Waals surface area contributed by atoms with Crippen molar-refractivity contribution in [1.29, 1.82) is 0 Å². The molecule has 4 nitrogen and oxygen atoms in total. The first-order chi connectivity index (χ1) is 13.7. The van der Waals surface area contributed by atoms with Gasteiger partial charge in [0.15, 0.2) is 0 Å². The SMILES string of the molecule is C=CCC(O)(CCN(C(=O)OC)C(C)c1ccc(Cl)c(F)c1)c1ccc(F)cc1. The van der Waals surface area contributed by atoms with Crippen molar-refractivity contribution in [3.8, 4) is 0 Å². The molecule has 2 aromatic carbocycles. The number of aliphatic hydroxyl groups is 1. The van der Waals surface area contributed by atoms with E-state index in [4.69, 9.17) is 16.3 Å². The highest BCUT2D eigenvalue weighted by Gasteiger charge is 2.31. The third-order valence-electron chi connectivity index (χ3n) is 4.93. The average molecular weight is 424 g/mol. The van der Waals surface area contributed by atoms with E-state index >= 15 is 0 Å². The van der Waals surface area contributed by atoms with Crippen LogP contribution >= 0.6 is 11.6 Å². The quantitative estimate of drug-likeness (QED) is 0.562. The summed E-state index contributed by atoms with van der Waals surface area (Å²) in [6, 6.07) is 9.31. The Morgan fingerprint density at radius 1 is 1.31 bits per heavy atom. The number of hydrogen-bond acceptors (Lipinski definition) is 3. The van der Waals surface area contributed by atoms with Gasteiger partial charge >= 0.3 is 6.09 Å². The second kappa shape index (κ2) is 9.85. The average Bonchev–Trinajstić information content (AvgIpc) is 2.70. The fraction of sp³-hybridized carbons (Fsp3) is 0.318. The molecule has 0 aliphatic carbocycles. The van der Waals surface area contributed by atoms with Gasteiger partial charge in [-0.2, -0.15) is 0 Å². The Hall–Kier alpha value is -2.44. The van der Waals surface area contributed by atoms with E-state index in [0.717, 1.165) is 0 Å². The van der Waals surface area contributed by atoms with Crippen LogP contribution in [0.25, 0.3) is 0 Å². The molecule has 0 aliphatic rings. The Morgan fingerprint density at radius 2 is 1.97 bits per heavy atom. The third kappa shape index (κ3) is 5.55. The number of ether oxygens (including phenoxy) is 1. The molecule has 29 heavy (non-hydrogen) atoms. The molecule has 0 radical (unpaired) electrons. The zero-order valence-corrected chi connectivity index (χ0v) is 17.1. The number of methoxy groups -OCH3 is 1. The molecule has 0 aliphatic heterocycles. The Kier molecular flexibility index (Phi) is 7.76. The van der Waals surface area contributed by atoms with Crippen LogP contribution < -0.4 is 0 Å². The molecular weight excluding hydrogens is 400 g/mol. The fourth-order valence-electron chi connectivity index (χ4n) is 3.18. The van der Waals surface area contributed by atoms with E-state index in [2.05, 4.69) is 6.58 Å². The molecule has 2 atom stereocenters. The van der Waals surface area contributed by atoms with Gasteiger partial charge in [0.05, 0.1) is 23.8 Å². The summed E-state index contributed by atoms with van der Waals surface area (Å²) < 4.78 is 32.0. The van der Waals surface area contributed by atoms with Gasteiger partial charge < -0.3 is 14.7 Å². The molecule has 0 saturated carbocycles. The molecule has 0 saturated heterocycles. The fourth-order valence-corrected chi connectivity index (χ4v) is 3.30. The van der Waals surface area contributed by atoms with Crippen molar-refractivity contribution in [2.45, 2.75) is 31.4 Å². The van der Waals surface area contributed by atoms with E-state index in [9.17, 15) is 18.7 Å². The number of hydrogen-bond donors (Lipinski definition) is 1. The lowest BCUT2D eigenvalue weighted by Gasteiger charge is -2.33. The molecule has 1 amide bonds. The van der Waals surface area contributed by atoms with E-state index in [1.807, 2.05) is 0 Å². The first-order valence-electron chi connectivity index (χ1n) is 9.10. The molecule has 1 N–H and O–H groups in total. The standard InChI is InChI=1S/C22H24ClF2NO3/c1-4-11-22(28,17-6-8-18(24)9-7-17)12-13-26(21(27)29-3)15(2)16-5-10-19(23)20(25)14-16/h4-10,14-15,28H,1,11-13H2,2-3H3. The zero-order valence-electron chi connectivity index (χ0n) is 16.4. The summed E-state index contributed by atoms with van der Waals surface area (Å²) in [6.07, 6.45) is 1.29. The summed E-state index contributed by atoms with van der Waals surface area (Å²) in [7, 11) is 1.25. The van der Waals surface area contributed by atoms with Crippen molar-refractivity contribution in [3.05, 3.63) is 82.9 Å². The molecule has 0 fully saturated rings. The molecule has 2 rings (SSSR count). The molecule has 0 bridgehead atoms. The van der Waals surface area contributed by atoms with Crippen molar-refractivity contribution in [2.75, 3.05) is 13.7 Å². The lowest BCUT2D eigenvalue weighted by Crippen LogP contribution is -2.38. The van der Waals surface area contributed by atoms with E-state index < -0.39 is 29.4 Å². The minimum absolute atomic E-state index is 0.0118. The van der Waals surface area contributed by atoms with Crippen molar-refractivity contribution in [3.63, 3.8) is 0 Å². The maximum Gasteiger partial charge on any atom is 0.409 e. The maximum absolute atomic E-state index is 13.9. The minimum Gasteiger partial charge on any atom is -0.453 e. The van der Waals surface area contributed by atoms with Gasteiger partial charge in [0.1, 0.15) is 11.6 Å². The van der Waals surface area contributed by atoms with Crippen LogP contribution in [-0.4, -0.2) is 29.8 Å². The van der Waals surface area contributed by atoms with Gasteiger partial charge in [0, 0.05) is 6.54 Å². The van der Waals surface area contributed by atoms with Gasteiger partial charge in [-0.25, -0.2) is 13.6 Å². The summed E-state index contributed by atoms with van der Waals surface area (Å²) in [4.78, 5) is 13.8. The highest BCUT2D eigenvalue weighted by molar-refractivity contribution is 6.30. The van der Waals surface area contributed by atoms with Gasteiger partial charge in [0.2, 0.25) is 0 Å². The van der Waals surface area contributed by atoms with Crippen LogP contribution in [0.2, 0.25) is 5.02 Å². The van der Waals surface area contributed by atoms with Gasteiger partial charge in [-0.1, -0.05) is 35.9 Å². The monoisotopic (exact) mass is 423 g/mol. The maximum atomic E-state index is 13.9. The largest absolute Gasteiger partial charge is 0.453 e. The second-order valence-electron chi connectivity index (χ2n) is 6.79. The highest BCUT2D eigenvalue weighted by atomic mass is 35.5. The lowest BCUT2D eigenvalue weighted by molar-refractivity contribution is 0.0158. The summed E-state index contributed by atoms with van der Waals surface area (Å²) >= 11 is 5.74. The molecule has 156 valence electrons. The Balaban J connectivity index is 2.28. The number of nitrogens with zero attached hydrogens (tertiary/aromatic N) is 1. The Labute approximate surface area is 174 Å².